The maximum Gasteiger partial charge on any atom is 0.145 e. The van der Waals surface area contributed by atoms with Crippen molar-refractivity contribution in [3.05, 3.63) is 59.1 Å². The molecular formula is C13H8BrFN2. The molecule has 3 aromatic rings. The molecule has 3 rings (SSSR count). The minimum atomic E-state index is -0.242. The van der Waals surface area contributed by atoms with Crippen LogP contribution in [0.5, 0.6) is 0 Å². The third kappa shape index (κ3) is 1.74. The summed E-state index contributed by atoms with van der Waals surface area (Å²) < 4.78 is 15.8. The van der Waals surface area contributed by atoms with Gasteiger partial charge < -0.3 is 0 Å². The highest BCUT2D eigenvalue weighted by Crippen LogP contribution is 2.24. The van der Waals surface area contributed by atoms with Crippen molar-refractivity contribution in [1.29, 1.82) is 0 Å². The second-order valence-corrected chi connectivity index (χ2v) is 4.51. The molecule has 2 heterocycles. The normalized spacial score (nSPS) is 10.9. The van der Waals surface area contributed by atoms with Gasteiger partial charge in [0, 0.05) is 5.56 Å². The van der Waals surface area contributed by atoms with Gasteiger partial charge >= 0.3 is 0 Å². The van der Waals surface area contributed by atoms with Gasteiger partial charge in [-0.15, -0.1) is 0 Å². The van der Waals surface area contributed by atoms with Crippen molar-refractivity contribution >= 4 is 21.4 Å². The van der Waals surface area contributed by atoms with Gasteiger partial charge in [-0.1, -0.05) is 6.07 Å². The summed E-state index contributed by atoms with van der Waals surface area (Å²) in [5.74, 6) is 0.557. The molecule has 0 fully saturated rings. The van der Waals surface area contributed by atoms with E-state index in [2.05, 4.69) is 20.9 Å². The number of benzene rings is 1. The van der Waals surface area contributed by atoms with E-state index in [4.69, 9.17) is 0 Å². The average molecular weight is 291 g/mol. The van der Waals surface area contributed by atoms with E-state index in [1.807, 2.05) is 22.6 Å². The number of rotatable bonds is 1. The Kier molecular flexibility index (Phi) is 2.44. The fraction of sp³-hybridized carbons (Fsp3) is 0. The van der Waals surface area contributed by atoms with Crippen molar-refractivity contribution in [2.75, 3.05) is 0 Å². The molecule has 0 unspecified atom stereocenters. The molecular weight excluding hydrogens is 283 g/mol. The van der Waals surface area contributed by atoms with Crippen LogP contribution in [0.25, 0.3) is 16.9 Å². The van der Waals surface area contributed by atoms with Gasteiger partial charge in [0.1, 0.15) is 11.6 Å². The average Bonchev–Trinajstić information content (AvgIpc) is 2.75. The molecule has 0 aliphatic carbocycles. The van der Waals surface area contributed by atoms with Crippen LogP contribution in [-0.2, 0) is 0 Å². The zero-order valence-corrected chi connectivity index (χ0v) is 10.4. The van der Waals surface area contributed by atoms with Crippen molar-refractivity contribution < 1.29 is 4.39 Å². The van der Waals surface area contributed by atoms with Crippen LogP contribution >= 0.6 is 15.9 Å². The van der Waals surface area contributed by atoms with Gasteiger partial charge in [0.2, 0.25) is 0 Å². The molecule has 0 spiro atoms. The van der Waals surface area contributed by atoms with Crippen molar-refractivity contribution in [2.45, 2.75) is 0 Å². The number of fused-ring (bicyclic) bond motifs is 1. The van der Waals surface area contributed by atoms with Gasteiger partial charge in [-0.3, -0.25) is 4.40 Å². The van der Waals surface area contributed by atoms with Gasteiger partial charge in [0.25, 0.3) is 0 Å². The van der Waals surface area contributed by atoms with Gasteiger partial charge in [-0.2, -0.15) is 0 Å². The lowest BCUT2D eigenvalue weighted by Crippen LogP contribution is -1.91. The number of aromatic nitrogens is 2. The summed E-state index contributed by atoms with van der Waals surface area (Å²) in [4.78, 5) is 4.37. The quantitative estimate of drug-likeness (QED) is 0.621. The first-order valence-electron chi connectivity index (χ1n) is 5.13. The van der Waals surface area contributed by atoms with E-state index in [0.29, 0.717) is 0 Å². The third-order valence-corrected chi connectivity index (χ3v) is 3.22. The summed E-state index contributed by atoms with van der Waals surface area (Å²) in [5, 5.41) is 0. The molecule has 0 saturated carbocycles. The number of nitrogens with zero attached hydrogens (tertiary/aromatic N) is 2. The molecule has 1 aromatic carbocycles. The lowest BCUT2D eigenvalue weighted by Gasteiger charge is -2.03. The third-order valence-electron chi connectivity index (χ3n) is 2.61. The zero-order valence-electron chi connectivity index (χ0n) is 8.77. The van der Waals surface area contributed by atoms with E-state index in [1.54, 1.807) is 18.3 Å². The molecule has 0 radical (unpaired) electrons. The molecule has 0 N–H and O–H groups in total. The molecule has 2 aromatic heterocycles. The van der Waals surface area contributed by atoms with E-state index >= 15 is 0 Å². The van der Waals surface area contributed by atoms with Crippen LogP contribution in [0.4, 0.5) is 4.39 Å². The Morgan fingerprint density at radius 2 is 1.82 bits per heavy atom. The summed E-state index contributed by atoms with van der Waals surface area (Å²) in [6.07, 6.45) is 1.80. The Hall–Kier alpha value is -1.68. The first kappa shape index (κ1) is 10.5. The number of imidazole rings is 1. The number of halogens is 2. The minimum Gasteiger partial charge on any atom is -0.287 e. The topological polar surface area (TPSA) is 17.3 Å². The fourth-order valence-corrected chi connectivity index (χ4v) is 2.34. The van der Waals surface area contributed by atoms with Crippen molar-refractivity contribution in [2.24, 2.45) is 0 Å². The van der Waals surface area contributed by atoms with E-state index in [9.17, 15) is 4.39 Å². The molecule has 0 atom stereocenters. The molecule has 0 amide bonds. The van der Waals surface area contributed by atoms with Crippen LogP contribution in [0.2, 0.25) is 0 Å². The Morgan fingerprint density at radius 3 is 2.59 bits per heavy atom. The van der Waals surface area contributed by atoms with Crippen LogP contribution in [0.3, 0.4) is 0 Å². The van der Waals surface area contributed by atoms with Crippen molar-refractivity contribution in [3.8, 4) is 11.4 Å². The van der Waals surface area contributed by atoms with E-state index in [0.717, 1.165) is 21.5 Å². The van der Waals surface area contributed by atoms with Gasteiger partial charge in [-0.25, -0.2) is 9.37 Å². The SMILES string of the molecule is Fc1ccc(-c2ncc3cccc(Br)n23)cc1. The molecule has 84 valence electrons. The number of pyridine rings is 1. The van der Waals surface area contributed by atoms with Gasteiger partial charge in [-0.05, 0) is 52.3 Å². The Labute approximate surface area is 106 Å². The Balaban J connectivity index is 2.27. The fourth-order valence-electron chi connectivity index (χ4n) is 1.81. The summed E-state index contributed by atoms with van der Waals surface area (Å²) in [6, 6.07) is 12.2. The predicted octanol–water partition coefficient (Wildman–Crippen LogP) is 3.90. The smallest absolute Gasteiger partial charge is 0.145 e. The molecule has 0 aliphatic heterocycles. The summed E-state index contributed by atoms with van der Waals surface area (Å²) in [6.45, 7) is 0. The molecule has 0 aliphatic rings. The van der Waals surface area contributed by atoms with Gasteiger partial charge in [0.05, 0.1) is 16.3 Å². The zero-order chi connectivity index (χ0) is 11.8. The first-order valence-corrected chi connectivity index (χ1v) is 5.93. The molecule has 0 bridgehead atoms. The van der Waals surface area contributed by atoms with E-state index in [-0.39, 0.29) is 5.82 Å². The molecule has 0 saturated heterocycles. The highest BCUT2D eigenvalue weighted by atomic mass is 79.9. The highest BCUT2D eigenvalue weighted by Gasteiger charge is 2.08. The van der Waals surface area contributed by atoms with Gasteiger partial charge in [0.15, 0.2) is 0 Å². The second kappa shape index (κ2) is 3.96. The van der Waals surface area contributed by atoms with Crippen molar-refractivity contribution in [1.82, 2.24) is 9.38 Å². The lowest BCUT2D eigenvalue weighted by molar-refractivity contribution is 0.628. The molecule has 4 heteroatoms. The Morgan fingerprint density at radius 1 is 1.06 bits per heavy atom. The second-order valence-electron chi connectivity index (χ2n) is 3.70. The maximum atomic E-state index is 12.9. The van der Waals surface area contributed by atoms with Crippen LogP contribution < -0.4 is 0 Å². The number of hydrogen-bond donors (Lipinski definition) is 0. The monoisotopic (exact) mass is 290 g/mol. The van der Waals surface area contributed by atoms with E-state index in [1.165, 1.54) is 12.1 Å². The van der Waals surface area contributed by atoms with Crippen LogP contribution in [0, 0.1) is 5.82 Å². The summed E-state index contributed by atoms with van der Waals surface area (Å²) in [5.41, 5.74) is 1.89. The van der Waals surface area contributed by atoms with E-state index < -0.39 is 0 Å². The standard InChI is InChI=1S/C13H8BrFN2/c14-12-3-1-2-11-8-16-13(17(11)12)9-4-6-10(15)7-5-9/h1-8H. The molecule has 17 heavy (non-hydrogen) atoms. The first-order chi connectivity index (χ1) is 8.25. The summed E-state index contributed by atoms with van der Waals surface area (Å²) >= 11 is 3.49. The van der Waals surface area contributed by atoms with Crippen LogP contribution in [-0.4, -0.2) is 9.38 Å². The lowest BCUT2D eigenvalue weighted by atomic mass is 10.2. The summed E-state index contributed by atoms with van der Waals surface area (Å²) in [7, 11) is 0. The molecule has 2 nitrogen and oxygen atoms in total. The number of hydrogen-bond acceptors (Lipinski definition) is 1. The largest absolute Gasteiger partial charge is 0.287 e. The van der Waals surface area contributed by atoms with Crippen LogP contribution in [0.1, 0.15) is 0 Å². The minimum absolute atomic E-state index is 0.242. The van der Waals surface area contributed by atoms with Crippen LogP contribution in [0.15, 0.2) is 53.3 Å². The predicted molar refractivity (Wildman–Crippen MR) is 68.3 cm³/mol. The van der Waals surface area contributed by atoms with Crippen molar-refractivity contribution in [3.63, 3.8) is 0 Å². The Bertz CT molecular complexity index is 673. The highest BCUT2D eigenvalue weighted by molar-refractivity contribution is 9.10. The maximum absolute atomic E-state index is 12.9.